The van der Waals surface area contributed by atoms with Crippen LogP contribution < -0.4 is 25.0 Å². The third-order valence-electron chi connectivity index (χ3n) is 5.73. The van der Waals surface area contributed by atoms with Gasteiger partial charge in [-0.25, -0.2) is 8.78 Å². The maximum Gasteiger partial charge on any atom is 0.267 e. The average molecular weight is 554 g/mol. The number of amides is 3. The van der Waals surface area contributed by atoms with Crippen molar-refractivity contribution >= 4 is 46.6 Å². The number of nitrogens with one attached hydrogen (secondary N) is 2. The molecule has 0 saturated heterocycles. The molecule has 1 aliphatic carbocycles. The minimum atomic E-state index is -1.20. The molecule has 0 bridgehead atoms. The van der Waals surface area contributed by atoms with Gasteiger partial charge in [0.2, 0.25) is 5.91 Å². The van der Waals surface area contributed by atoms with Gasteiger partial charge in [-0.3, -0.25) is 14.4 Å². The van der Waals surface area contributed by atoms with Crippen LogP contribution in [0, 0.1) is 11.7 Å². The molecule has 4 rings (SSSR count). The number of rotatable bonds is 9. The molecule has 0 aromatic heterocycles. The lowest BCUT2D eigenvalue weighted by molar-refractivity contribution is -0.128. The third kappa shape index (κ3) is 6.69. The smallest absolute Gasteiger partial charge is 0.267 e. The molecule has 0 radical (unpaired) electrons. The van der Waals surface area contributed by atoms with Gasteiger partial charge in [-0.05, 0) is 36.8 Å². The van der Waals surface area contributed by atoms with Crippen molar-refractivity contribution in [3.63, 3.8) is 0 Å². The number of benzene rings is 2. The Hall–Kier alpha value is -3.37. The van der Waals surface area contributed by atoms with Gasteiger partial charge in [-0.15, -0.1) is 0 Å². The Morgan fingerprint density at radius 2 is 1.95 bits per heavy atom. The van der Waals surface area contributed by atoms with Gasteiger partial charge in [0, 0.05) is 29.8 Å². The highest BCUT2D eigenvalue weighted by Gasteiger charge is 2.48. The molecule has 1 aliphatic heterocycles. The molecule has 0 spiro atoms. The molecule has 3 amide bonds. The summed E-state index contributed by atoms with van der Waals surface area (Å²) in [6.07, 6.45) is -1.90. The zero-order chi connectivity index (χ0) is 26.7. The van der Waals surface area contributed by atoms with E-state index < -0.39 is 41.7 Å². The van der Waals surface area contributed by atoms with E-state index in [4.69, 9.17) is 32.7 Å². The number of fused-ring (bicyclic) bond motifs is 1. The van der Waals surface area contributed by atoms with E-state index in [1.807, 2.05) is 0 Å². The molecule has 8 nitrogen and oxygen atoms in total. The SMILES string of the molecule is C=C(CCNC(=O)COc1ccc(Cl)c(F)c1)NC(=O)C1CN(C(=O)[C@@H]2C[C@@H]2F)c2cc(Cl)ccc2O1. The summed E-state index contributed by atoms with van der Waals surface area (Å²) in [6, 6.07) is 8.47. The maximum absolute atomic E-state index is 13.6. The van der Waals surface area contributed by atoms with Crippen LogP contribution in [-0.2, 0) is 14.4 Å². The Bertz CT molecular complexity index is 1240. The van der Waals surface area contributed by atoms with E-state index in [1.54, 1.807) is 12.1 Å². The minimum absolute atomic E-state index is 0.0554. The molecule has 37 heavy (non-hydrogen) atoms. The Labute approximate surface area is 221 Å². The summed E-state index contributed by atoms with van der Waals surface area (Å²) < 4.78 is 38.0. The largest absolute Gasteiger partial charge is 0.484 e. The van der Waals surface area contributed by atoms with Crippen LogP contribution in [0.4, 0.5) is 14.5 Å². The summed E-state index contributed by atoms with van der Waals surface area (Å²) >= 11 is 11.7. The zero-order valence-electron chi connectivity index (χ0n) is 19.4. The van der Waals surface area contributed by atoms with Crippen molar-refractivity contribution in [2.45, 2.75) is 25.1 Å². The third-order valence-corrected chi connectivity index (χ3v) is 6.27. The van der Waals surface area contributed by atoms with Crippen LogP contribution in [-0.4, -0.2) is 49.7 Å². The number of halogens is 4. The second kappa shape index (κ2) is 11.4. The van der Waals surface area contributed by atoms with Gasteiger partial charge >= 0.3 is 0 Å². The summed E-state index contributed by atoms with van der Waals surface area (Å²) in [5, 5.41) is 5.53. The normalized spacial score (nSPS) is 19.8. The number of hydrogen-bond acceptors (Lipinski definition) is 5. The fraction of sp³-hybridized carbons (Fsp3) is 0.320. The number of nitrogens with zero attached hydrogens (tertiary/aromatic N) is 1. The lowest BCUT2D eigenvalue weighted by atomic mass is 10.1. The average Bonchev–Trinajstić information content (AvgIpc) is 3.60. The first kappa shape index (κ1) is 26.7. The standard InChI is InChI=1S/C25H23Cl2F2N3O5/c1-13(6-7-30-23(33)12-36-15-3-4-17(27)19(29)9-15)31-24(34)22-11-32(25(35)16-10-18(16)28)20-8-14(26)2-5-21(20)37-22/h2-5,8-9,16,18,22H,1,6-7,10-12H2,(H,30,33)(H,31,34)/t16-,18+,22?/m1/s1. The minimum Gasteiger partial charge on any atom is -0.484 e. The quantitative estimate of drug-likeness (QED) is 0.492. The Morgan fingerprint density at radius 1 is 1.19 bits per heavy atom. The second-order valence-corrected chi connectivity index (χ2v) is 9.43. The van der Waals surface area contributed by atoms with E-state index in [1.165, 1.54) is 23.1 Å². The summed E-state index contributed by atoms with van der Waals surface area (Å²) in [6.45, 7) is 3.47. The molecule has 2 aromatic carbocycles. The Kier molecular flexibility index (Phi) is 8.19. The van der Waals surface area contributed by atoms with Crippen molar-refractivity contribution in [2.75, 3.05) is 24.6 Å². The van der Waals surface area contributed by atoms with Crippen LogP contribution in [0.25, 0.3) is 0 Å². The van der Waals surface area contributed by atoms with E-state index >= 15 is 0 Å². The van der Waals surface area contributed by atoms with Crippen molar-refractivity contribution in [2.24, 2.45) is 5.92 Å². The van der Waals surface area contributed by atoms with Crippen molar-refractivity contribution < 1.29 is 32.6 Å². The first-order valence-electron chi connectivity index (χ1n) is 11.4. The van der Waals surface area contributed by atoms with Crippen molar-refractivity contribution in [3.8, 4) is 11.5 Å². The van der Waals surface area contributed by atoms with E-state index in [0.29, 0.717) is 16.4 Å². The van der Waals surface area contributed by atoms with E-state index in [9.17, 15) is 23.2 Å². The monoisotopic (exact) mass is 553 g/mol. The first-order valence-corrected chi connectivity index (χ1v) is 12.1. The van der Waals surface area contributed by atoms with Crippen molar-refractivity contribution in [3.05, 3.63) is 64.5 Å². The van der Waals surface area contributed by atoms with Crippen molar-refractivity contribution in [1.29, 1.82) is 0 Å². The van der Waals surface area contributed by atoms with Gasteiger partial charge in [0.05, 0.1) is 23.2 Å². The molecule has 1 fully saturated rings. The van der Waals surface area contributed by atoms with Crippen LogP contribution in [0.2, 0.25) is 10.0 Å². The highest BCUT2D eigenvalue weighted by molar-refractivity contribution is 6.31. The number of hydrogen-bond donors (Lipinski definition) is 2. The van der Waals surface area contributed by atoms with Crippen LogP contribution in [0.5, 0.6) is 11.5 Å². The van der Waals surface area contributed by atoms with Gasteiger partial charge in [-0.2, -0.15) is 0 Å². The van der Waals surface area contributed by atoms with E-state index in [0.717, 1.165) is 6.07 Å². The lowest BCUT2D eigenvalue weighted by Crippen LogP contribution is -2.51. The topological polar surface area (TPSA) is 97.0 Å². The van der Waals surface area contributed by atoms with Crippen LogP contribution >= 0.6 is 23.2 Å². The first-order chi connectivity index (χ1) is 17.6. The molecule has 2 aromatic rings. The predicted octanol–water partition coefficient (Wildman–Crippen LogP) is 3.80. The number of carbonyl (C=O) groups excluding carboxylic acids is 3. The molecule has 196 valence electrons. The number of anilines is 1. The van der Waals surface area contributed by atoms with Crippen LogP contribution in [0.15, 0.2) is 48.7 Å². The molecule has 3 atom stereocenters. The Balaban J connectivity index is 1.25. The number of alkyl halides is 1. The number of carbonyl (C=O) groups is 3. The van der Waals surface area contributed by atoms with Crippen LogP contribution in [0.3, 0.4) is 0 Å². The molecule has 1 saturated carbocycles. The highest BCUT2D eigenvalue weighted by Crippen LogP contribution is 2.41. The number of ether oxygens (including phenoxy) is 2. The van der Waals surface area contributed by atoms with Crippen LogP contribution in [0.1, 0.15) is 12.8 Å². The lowest BCUT2D eigenvalue weighted by Gasteiger charge is -2.34. The van der Waals surface area contributed by atoms with Gasteiger partial charge < -0.3 is 25.0 Å². The van der Waals surface area contributed by atoms with Gasteiger partial charge in [-0.1, -0.05) is 29.8 Å². The fourth-order valence-electron chi connectivity index (χ4n) is 3.66. The molecule has 2 N–H and O–H groups in total. The highest BCUT2D eigenvalue weighted by atomic mass is 35.5. The predicted molar refractivity (Wildman–Crippen MR) is 133 cm³/mol. The fourth-order valence-corrected chi connectivity index (χ4v) is 3.94. The maximum atomic E-state index is 13.6. The summed E-state index contributed by atoms with van der Waals surface area (Å²) in [4.78, 5) is 38.9. The molecular formula is C25H23Cl2F2N3O5. The van der Waals surface area contributed by atoms with Gasteiger partial charge in [0.15, 0.2) is 12.7 Å². The summed E-state index contributed by atoms with van der Waals surface area (Å²) in [7, 11) is 0. The molecular weight excluding hydrogens is 531 g/mol. The molecule has 1 heterocycles. The molecule has 1 unspecified atom stereocenters. The van der Waals surface area contributed by atoms with Crippen molar-refractivity contribution in [1.82, 2.24) is 10.6 Å². The zero-order valence-corrected chi connectivity index (χ0v) is 21.0. The molecule has 2 aliphatic rings. The second-order valence-electron chi connectivity index (χ2n) is 8.58. The molecule has 12 heteroatoms. The van der Waals surface area contributed by atoms with E-state index in [2.05, 4.69) is 17.2 Å². The van der Waals surface area contributed by atoms with Gasteiger partial charge in [0.1, 0.15) is 23.5 Å². The summed E-state index contributed by atoms with van der Waals surface area (Å²) in [5.74, 6) is -2.40. The Morgan fingerprint density at radius 3 is 2.65 bits per heavy atom. The summed E-state index contributed by atoms with van der Waals surface area (Å²) in [5.41, 5.74) is 0.686. The van der Waals surface area contributed by atoms with Gasteiger partial charge in [0.25, 0.3) is 11.8 Å². The van der Waals surface area contributed by atoms with E-state index in [-0.39, 0.29) is 49.1 Å².